The lowest BCUT2D eigenvalue weighted by atomic mass is 10.1. The molecule has 1 unspecified atom stereocenters. The maximum atomic E-state index is 11.7. The first-order valence-corrected chi connectivity index (χ1v) is 6.19. The summed E-state index contributed by atoms with van der Waals surface area (Å²) in [6.45, 7) is 9.20. The third-order valence-electron chi connectivity index (χ3n) is 2.57. The molecule has 19 heavy (non-hydrogen) atoms. The highest BCUT2D eigenvalue weighted by Gasteiger charge is 2.17. The molecule has 0 saturated carbocycles. The first-order chi connectivity index (χ1) is 8.73. The zero-order valence-electron chi connectivity index (χ0n) is 12.1. The number of hydrogen-bond acceptors (Lipinski definition) is 4. The van der Waals surface area contributed by atoms with Crippen molar-refractivity contribution >= 4 is 11.8 Å². The van der Waals surface area contributed by atoms with Gasteiger partial charge < -0.3 is 4.74 Å². The van der Waals surface area contributed by atoms with Crippen LogP contribution in [0.2, 0.25) is 0 Å². The third-order valence-corrected chi connectivity index (χ3v) is 2.57. The first kappa shape index (κ1) is 15.5. The van der Waals surface area contributed by atoms with Crippen LogP contribution < -0.4 is 11.2 Å². The van der Waals surface area contributed by atoms with E-state index in [1.807, 2.05) is 52.8 Å². The van der Waals surface area contributed by atoms with Gasteiger partial charge in [-0.15, -0.1) is 0 Å². The molecule has 0 fully saturated rings. The quantitative estimate of drug-likeness (QED) is 0.823. The average molecular weight is 266 g/mol. The molecule has 5 heteroatoms. The Morgan fingerprint density at radius 3 is 2.53 bits per heavy atom. The molecule has 3 N–H and O–H groups in total. The molecule has 0 saturated heterocycles. The molecule has 0 aliphatic heterocycles. The highest BCUT2D eigenvalue weighted by Crippen LogP contribution is 2.23. The average Bonchev–Trinajstić information content (AvgIpc) is 2.28. The van der Waals surface area contributed by atoms with Crippen molar-refractivity contribution < 1.29 is 14.4 Å². The number of nitrogens with one attached hydrogen (secondary N) is 1. The molecule has 1 atom stereocenters. The molecule has 0 aliphatic rings. The molecule has 0 aliphatic carbocycles. The summed E-state index contributed by atoms with van der Waals surface area (Å²) >= 11 is 0. The van der Waals surface area contributed by atoms with E-state index < -0.39 is 11.7 Å². The van der Waals surface area contributed by atoms with Crippen molar-refractivity contribution in [1.29, 1.82) is 0 Å². The van der Waals surface area contributed by atoms with E-state index in [1.54, 1.807) is 0 Å². The number of anilines is 1. The molecular weight excluding hydrogens is 244 g/mol. The Labute approximate surface area is 114 Å². The van der Waals surface area contributed by atoms with Gasteiger partial charge in [-0.2, -0.15) is 0 Å². The molecular formula is C14H22N2O3. The summed E-state index contributed by atoms with van der Waals surface area (Å²) < 4.78 is 5.22. The summed E-state index contributed by atoms with van der Waals surface area (Å²) in [6.07, 6.45) is -0.714. The fraction of sp³-hybridized carbons (Fsp3) is 0.500. The molecule has 0 bridgehead atoms. The van der Waals surface area contributed by atoms with Crippen LogP contribution in [0.1, 0.15) is 44.9 Å². The number of nitrogens with two attached hydrogens (primary N) is 1. The van der Waals surface area contributed by atoms with Crippen LogP contribution >= 0.6 is 0 Å². The summed E-state index contributed by atoms with van der Waals surface area (Å²) in [5, 5.41) is 2.73. The minimum atomic E-state index is -0.525. The molecule has 1 aromatic rings. The van der Waals surface area contributed by atoms with Crippen LogP contribution in [0, 0.1) is 6.92 Å². The van der Waals surface area contributed by atoms with Gasteiger partial charge in [-0.3, -0.25) is 10.2 Å². The Hall–Kier alpha value is -1.59. The number of aryl methyl sites for hydroxylation is 1. The second-order valence-corrected chi connectivity index (χ2v) is 5.48. The van der Waals surface area contributed by atoms with E-state index in [-0.39, 0.29) is 6.10 Å². The van der Waals surface area contributed by atoms with Gasteiger partial charge in [-0.25, -0.2) is 10.7 Å². The molecule has 0 spiro atoms. The van der Waals surface area contributed by atoms with Crippen LogP contribution in [0.25, 0.3) is 0 Å². The number of benzene rings is 1. The van der Waals surface area contributed by atoms with Gasteiger partial charge in [-0.05, 0) is 51.8 Å². The Balaban J connectivity index is 2.85. The smallest absolute Gasteiger partial charge is 0.412 e. The minimum absolute atomic E-state index is 0.236. The fourth-order valence-electron chi connectivity index (χ4n) is 1.52. The number of ether oxygens (including phenoxy) is 1. The predicted molar refractivity (Wildman–Crippen MR) is 74.7 cm³/mol. The Kier molecular flexibility index (Phi) is 4.91. The largest absolute Gasteiger partial charge is 0.444 e. The molecule has 0 aromatic heterocycles. The maximum Gasteiger partial charge on any atom is 0.412 e. The zero-order chi connectivity index (χ0) is 14.6. The molecule has 1 amide bonds. The number of amides is 1. The van der Waals surface area contributed by atoms with E-state index in [4.69, 9.17) is 15.5 Å². The highest BCUT2D eigenvalue weighted by atomic mass is 16.6. The maximum absolute atomic E-state index is 11.7. The van der Waals surface area contributed by atoms with Crippen LogP contribution in [-0.4, -0.2) is 11.7 Å². The fourth-order valence-corrected chi connectivity index (χ4v) is 1.52. The van der Waals surface area contributed by atoms with Crippen molar-refractivity contribution in [2.24, 2.45) is 5.90 Å². The van der Waals surface area contributed by atoms with Crippen LogP contribution in [0.4, 0.5) is 10.5 Å². The second kappa shape index (κ2) is 6.04. The Bertz CT molecular complexity index is 452. The van der Waals surface area contributed by atoms with E-state index in [0.717, 1.165) is 11.1 Å². The van der Waals surface area contributed by atoms with Gasteiger partial charge in [0.1, 0.15) is 11.7 Å². The van der Waals surface area contributed by atoms with Crippen LogP contribution in [0.3, 0.4) is 0 Å². The number of carbonyl (C=O) groups is 1. The van der Waals surface area contributed by atoms with E-state index in [1.165, 1.54) is 0 Å². The topological polar surface area (TPSA) is 73.6 Å². The van der Waals surface area contributed by atoms with E-state index in [2.05, 4.69) is 5.32 Å². The molecule has 1 rings (SSSR count). The van der Waals surface area contributed by atoms with E-state index in [9.17, 15) is 4.79 Å². The zero-order valence-corrected chi connectivity index (χ0v) is 12.1. The second-order valence-electron chi connectivity index (χ2n) is 5.48. The van der Waals surface area contributed by atoms with Gasteiger partial charge in [0.25, 0.3) is 0 Å². The van der Waals surface area contributed by atoms with E-state index in [0.29, 0.717) is 5.69 Å². The third kappa shape index (κ3) is 4.89. The molecule has 0 heterocycles. The lowest BCUT2D eigenvalue weighted by molar-refractivity contribution is 0.0632. The van der Waals surface area contributed by atoms with Crippen LogP contribution in [0.5, 0.6) is 0 Å². The van der Waals surface area contributed by atoms with E-state index >= 15 is 0 Å². The van der Waals surface area contributed by atoms with Crippen LogP contribution in [-0.2, 0) is 9.57 Å². The normalized spacial score (nSPS) is 12.9. The molecule has 5 nitrogen and oxygen atoms in total. The van der Waals surface area contributed by atoms with Crippen molar-refractivity contribution in [3.05, 3.63) is 29.3 Å². The Morgan fingerprint density at radius 1 is 1.37 bits per heavy atom. The van der Waals surface area contributed by atoms with Crippen molar-refractivity contribution in [3.63, 3.8) is 0 Å². The molecule has 1 aromatic carbocycles. The van der Waals surface area contributed by atoms with Gasteiger partial charge in [0.2, 0.25) is 0 Å². The van der Waals surface area contributed by atoms with Crippen molar-refractivity contribution in [3.8, 4) is 0 Å². The van der Waals surface area contributed by atoms with Gasteiger partial charge in [0.15, 0.2) is 0 Å². The van der Waals surface area contributed by atoms with Gasteiger partial charge in [0, 0.05) is 5.69 Å². The van der Waals surface area contributed by atoms with Crippen molar-refractivity contribution in [2.75, 3.05) is 5.32 Å². The number of hydrogen-bond donors (Lipinski definition) is 2. The lowest BCUT2D eigenvalue weighted by Gasteiger charge is -2.20. The summed E-state index contributed by atoms with van der Waals surface area (Å²) in [6, 6.07) is 5.64. The first-order valence-electron chi connectivity index (χ1n) is 6.19. The summed E-state index contributed by atoms with van der Waals surface area (Å²) in [7, 11) is 0. The lowest BCUT2D eigenvalue weighted by Crippen LogP contribution is -2.27. The minimum Gasteiger partial charge on any atom is -0.444 e. The van der Waals surface area contributed by atoms with Gasteiger partial charge in [-0.1, -0.05) is 12.1 Å². The molecule has 106 valence electrons. The van der Waals surface area contributed by atoms with Crippen LogP contribution in [0.15, 0.2) is 18.2 Å². The molecule has 0 radical (unpaired) electrons. The Morgan fingerprint density at radius 2 is 2.00 bits per heavy atom. The highest BCUT2D eigenvalue weighted by molar-refractivity contribution is 5.86. The number of rotatable bonds is 3. The van der Waals surface area contributed by atoms with Gasteiger partial charge >= 0.3 is 6.09 Å². The summed E-state index contributed by atoms with van der Waals surface area (Å²) in [4.78, 5) is 16.5. The summed E-state index contributed by atoms with van der Waals surface area (Å²) in [5.41, 5.74) is 2.00. The van der Waals surface area contributed by atoms with Gasteiger partial charge in [0.05, 0.1) is 0 Å². The number of carbonyl (C=O) groups excluding carboxylic acids is 1. The standard InChI is InChI=1S/C14H22N2O3/c1-9-6-7-11(10(2)19-15)8-12(9)16-13(17)18-14(3,4)5/h6-8,10H,15H2,1-5H3,(H,16,17). The summed E-state index contributed by atoms with van der Waals surface area (Å²) in [5.74, 6) is 5.16. The SMILES string of the molecule is Cc1ccc(C(C)ON)cc1NC(=O)OC(C)(C)C. The predicted octanol–water partition coefficient (Wildman–Crippen LogP) is 3.29. The monoisotopic (exact) mass is 266 g/mol. The van der Waals surface area contributed by atoms with Crippen molar-refractivity contribution in [2.45, 2.75) is 46.3 Å². The van der Waals surface area contributed by atoms with Crippen molar-refractivity contribution in [1.82, 2.24) is 0 Å².